The Hall–Kier alpha value is -1.01. The molecule has 5 nitrogen and oxygen atoms in total. The van der Waals surface area contributed by atoms with Crippen LogP contribution < -0.4 is 10.1 Å². The maximum Gasteiger partial charge on any atom is 0.169 e. The van der Waals surface area contributed by atoms with Crippen molar-refractivity contribution in [2.75, 3.05) is 27.9 Å². The van der Waals surface area contributed by atoms with Gasteiger partial charge >= 0.3 is 0 Å². The van der Waals surface area contributed by atoms with Gasteiger partial charge in [0.25, 0.3) is 0 Å². The van der Waals surface area contributed by atoms with E-state index in [2.05, 4.69) is 5.32 Å². The fourth-order valence-corrected chi connectivity index (χ4v) is 1.74. The lowest BCUT2D eigenvalue weighted by atomic mass is 10.2. The van der Waals surface area contributed by atoms with Gasteiger partial charge < -0.3 is 24.6 Å². The second-order valence-electron chi connectivity index (χ2n) is 3.65. The van der Waals surface area contributed by atoms with E-state index in [1.54, 1.807) is 26.4 Å². The lowest BCUT2D eigenvalue weighted by molar-refractivity contribution is -0.0989. The first-order valence-electron chi connectivity index (χ1n) is 5.44. The molecule has 1 aromatic rings. The van der Waals surface area contributed by atoms with Crippen LogP contribution in [0.4, 0.5) is 0 Å². The second-order valence-corrected chi connectivity index (χ2v) is 4.08. The molecule has 0 heterocycles. The molecule has 6 heteroatoms. The van der Waals surface area contributed by atoms with Gasteiger partial charge in [-0.1, -0.05) is 11.6 Å². The van der Waals surface area contributed by atoms with Gasteiger partial charge in [-0.2, -0.15) is 0 Å². The predicted molar refractivity (Wildman–Crippen MR) is 69.2 cm³/mol. The van der Waals surface area contributed by atoms with Gasteiger partial charge in [0.2, 0.25) is 0 Å². The Bertz CT molecular complexity index is 383. The molecule has 2 N–H and O–H groups in total. The van der Waals surface area contributed by atoms with Gasteiger partial charge in [-0.05, 0) is 6.07 Å². The van der Waals surface area contributed by atoms with Crippen molar-refractivity contribution in [3.63, 3.8) is 0 Å². The van der Waals surface area contributed by atoms with Gasteiger partial charge in [-0.15, -0.1) is 0 Å². The fraction of sp³-hybridized carbons (Fsp3) is 0.500. The number of aromatic hydroxyl groups is 1. The molecule has 0 aliphatic heterocycles. The van der Waals surface area contributed by atoms with Gasteiger partial charge in [-0.3, -0.25) is 0 Å². The van der Waals surface area contributed by atoms with Crippen LogP contribution in [0.5, 0.6) is 11.5 Å². The van der Waals surface area contributed by atoms with Gasteiger partial charge in [0.15, 0.2) is 17.8 Å². The number of nitrogens with one attached hydrogen (secondary N) is 1. The highest BCUT2D eigenvalue weighted by atomic mass is 35.5. The average Bonchev–Trinajstić information content (AvgIpc) is 2.38. The minimum atomic E-state index is -0.326. The number of methoxy groups -OCH3 is 3. The molecule has 0 aliphatic carbocycles. The van der Waals surface area contributed by atoms with Crippen LogP contribution in [0.25, 0.3) is 0 Å². The maximum atomic E-state index is 9.91. The smallest absolute Gasteiger partial charge is 0.169 e. The van der Waals surface area contributed by atoms with Crippen LogP contribution in [0, 0.1) is 0 Å². The first kappa shape index (κ1) is 15.0. The number of ether oxygens (including phenoxy) is 3. The molecule has 0 saturated carbocycles. The third-order valence-electron chi connectivity index (χ3n) is 2.49. The molecule has 0 amide bonds. The Labute approximate surface area is 112 Å². The van der Waals surface area contributed by atoms with Gasteiger partial charge in [0.1, 0.15) is 0 Å². The van der Waals surface area contributed by atoms with Crippen molar-refractivity contribution in [2.45, 2.75) is 12.8 Å². The van der Waals surface area contributed by atoms with E-state index in [9.17, 15) is 5.11 Å². The summed E-state index contributed by atoms with van der Waals surface area (Å²) in [6, 6.07) is 3.24. The highest BCUT2D eigenvalue weighted by Gasteiger charge is 2.11. The van der Waals surface area contributed by atoms with E-state index in [0.29, 0.717) is 29.4 Å². The van der Waals surface area contributed by atoms with Crippen molar-refractivity contribution in [3.05, 3.63) is 22.7 Å². The SMILES string of the molecule is COc1cc(Cl)cc(CNCC(OC)OC)c1O. The average molecular weight is 276 g/mol. The number of benzene rings is 1. The number of hydrogen-bond donors (Lipinski definition) is 2. The standard InChI is InChI=1S/C12H18ClNO4/c1-16-10-5-9(13)4-8(12(10)15)6-14-7-11(17-2)18-3/h4-5,11,14-15H,6-7H2,1-3H3. The molecule has 0 saturated heterocycles. The normalized spacial score (nSPS) is 10.9. The molecule has 0 aromatic heterocycles. The van der Waals surface area contributed by atoms with Crippen molar-refractivity contribution >= 4 is 11.6 Å². The molecule has 0 unspecified atom stereocenters. The van der Waals surface area contributed by atoms with E-state index in [1.807, 2.05) is 0 Å². The van der Waals surface area contributed by atoms with Crippen LogP contribution in [0.15, 0.2) is 12.1 Å². The molecule has 0 spiro atoms. The molecule has 0 radical (unpaired) electrons. The number of phenolic OH excluding ortho intramolecular Hbond substituents is 1. The largest absolute Gasteiger partial charge is 0.504 e. The number of rotatable bonds is 7. The number of hydrogen-bond acceptors (Lipinski definition) is 5. The number of halogens is 1. The predicted octanol–water partition coefficient (Wildman–Crippen LogP) is 1.76. The Morgan fingerprint density at radius 1 is 1.28 bits per heavy atom. The van der Waals surface area contributed by atoms with Crippen LogP contribution in [0.2, 0.25) is 5.02 Å². The molecule has 18 heavy (non-hydrogen) atoms. The summed E-state index contributed by atoms with van der Waals surface area (Å²) in [4.78, 5) is 0. The van der Waals surface area contributed by atoms with Crippen molar-refractivity contribution in [3.8, 4) is 11.5 Å². The summed E-state index contributed by atoms with van der Waals surface area (Å²) >= 11 is 5.93. The molecular weight excluding hydrogens is 258 g/mol. The molecular formula is C12H18ClNO4. The third kappa shape index (κ3) is 4.03. The van der Waals surface area contributed by atoms with Crippen LogP contribution in [-0.2, 0) is 16.0 Å². The zero-order chi connectivity index (χ0) is 13.5. The van der Waals surface area contributed by atoms with Crippen LogP contribution in [0.3, 0.4) is 0 Å². The van der Waals surface area contributed by atoms with Crippen molar-refractivity contribution in [2.24, 2.45) is 0 Å². The first-order chi connectivity index (χ1) is 8.62. The van der Waals surface area contributed by atoms with Crippen molar-refractivity contribution < 1.29 is 19.3 Å². The summed E-state index contributed by atoms with van der Waals surface area (Å²) in [7, 11) is 4.61. The summed E-state index contributed by atoms with van der Waals surface area (Å²) in [5.74, 6) is 0.440. The molecule has 1 aromatic carbocycles. The Morgan fingerprint density at radius 2 is 1.94 bits per heavy atom. The quantitative estimate of drug-likeness (QED) is 0.743. The highest BCUT2D eigenvalue weighted by Crippen LogP contribution is 2.33. The molecule has 102 valence electrons. The summed E-state index contributed by atoms with van der Waals surface area (Å²) in [6.45, 7) is 0.938. The minimum Gasteiger partial charge on any atom is -0.504 e. The summed E-state index contributed by atoms with van der Waals surface area (Å²) in [5, 5.41) is 13.5. The van der Waals surface area contributed by atoms with Crippen LogP contribution in [0.1, 0.15) is 5.56 Å². The second kappa shape index (κ2) is 7.43. The Morgan fingerprint density at radius 3 is 2.50 bits per heavy atom. The van der Waals surface area contributed by atoms with Gasteiger partial charge in [0.05, 0.1) is 7.11 Å². The zero-order valence-electron chi connectivity index (χ0n) is 10.7. The minimum absolute atomic E-state index is 0.0841. The van der Waals surface area contributed by atoms with E-state index in [-0.39, 0.29) is 12.0 Å². The van der Waals surface area contributed by atoms with Crippen LogP contribution >= 0.6 is 11.6 Å². The maximum absolute atomic E-state index is 9.91. The van der Waals surface area contributed by atoms with E-state index < -0.39 is 0 Å². The van der Waals surface area contributed by atoms with Crippen LogP contribution in [-0.4, -0.2) is 39.3 Å². The first-order valence-corrected chi connectivity index (χ1v) is 5.81. The highest BCUT2D eigenvalue weighted by molar-refractivity contribution is 6.30. The molecule has 0 fully saturated rings. The van der Waals surface area contributed by atoms with E-state index >= 15 is 0 Å². The monoisotopic (exact) mass is 275 g/mol. The lowest BCUT2D eigenvalue weighted by Gasteiger charge is -2.15. The molecule has 0 aliphatic rings. The number of phenols is 1. The lowest BCUT2D eigenvalue weighted by Crippen LogP contribution is -2.29. The molecule has 0 atom stereocenters. The molecule has 0 bridgehead atoms. The van der Waals surface area contributed by atoms with Gasteiger partial charge in [-0.25, -0.2) is 0 Å². The molecule has 1 rings (SSSR count). The Balaban J connectivity index is 2.64. The Kier molecular flexibility index (Phi) is 6.21. The van der Waals surface area contributed by atoms with E-state index in [1.165, 1.54) is 7.11 Å². The third-order valence-corrected chi connectivity index (χ3v) is 2.71. The van der Waals surface area contributed by atoms with E-state index in [0.717, 1.165) is 0 Å². The summed E-state index contributed by atoms with van der Waals surface area (Å²) in [5.41, 5.74) is 0.658. The van der Waals surface area contributed by atoms with Gasteiger partial charge in [0, 0.05) is 44.0 Å². The van der Waals surface area contributed by atoms with E-state index in [4.69, 9.17) is 25.8 Å². The zero-order valence-corrected chi connectivity index (χ0v) is 11.5. The topological polar surface area (TPSA) is 60.0 Å². The van der Waals surface area contributed by atoms with Crippen molar-refractivity contribution in [1.82, 2.24) is 5.32 Å². The van der Waals surface area contributed by atoms with Crippen molar-refractivity contribution in [1.29, 1.82) is 0 Å². The fourth-order valence-electron chi connectivity index (χ4n) is 1.51. The summed E-state index contributed by atoms with van der Waals surface area (Å²) < 4.78 is 15.1. The summed E-state index contributed by atoms with van der Waals surface area (Å²) in [6.07, 6.45) is -0.326.